The molecule has 226 valence electrons. The van der Waals surface area contributed by atoms with Crippen molar-refractivity contribution in [3.05, 3.63) is 42.2 Å². The molecular weight excluding hydrogens is 504 g/mol. The van der Waals surface area contributed by atoms with Crippen molar-refractivity contribution in [2.75, 3.05) is 0 Å². The lowest BCUT2D eigenvalue weighted by Gasteiger charge is -2.37. The minimum Gasteiger partial charge on any atom is -0.426 e. The van der Waals surface area contributed by atoms with Gasteiger partial charge in [-0.1, -0.05) is 90.9 Å². The Balaban J connectivity index is 1.14. The molecule has 0 bridgehead atoms. The van der Waals surface area contributed by atoms with E-state index in [1.165, 1.54) is 115 Å². The summed E-state index contributed by atoms with van der Waals surface area (Å²) in [4.78, 5) is 22.1. The molecule has 0 radical (unpaired) electrons. The Kier molecular flexibility index (Phi) is 13.7. The van der Waals surface area contributed by atoms with Crippen molar-refractivity contribution < 1.29 is 9.53 Å². The molecular formula is C37H56N2O2. The first kappa shape index (κ1) is 31.7. The first-order chi connectivity index (χ1) is 20.2. The lowest BCUT2D eigenvalue weighted by atomic mass is 9.68. The van der Waals surface area contributed by atoms with Crippen molar-refractivity contribution in [1.29, 1.82) is 0 Å². The molecule has 4 heteroatoms. The second-order valence-corrected chi connectivity index (χ2v) is 13.1. The van der Waals surface area contributed by atoms with Crippen LogP contribution in [0.3, 0.4) is 0 Å². The van der Waals surface area contributed by atoms with Crippen molar-refractivity contribution in [3.63, 3.8) is 0 Å². The molecule has 2 aliphatic rings. The van der Waals surface area contributed by atoms with Crippen LogP contribution in [0, 0.1) is 23.7 Å². The third kappa shape index (κ3) is 10.5. The summed E-state index contributed by atoms with van der Waals surface area (Å²) < 4.78 is 5.81. The second kappa shape index (κ2) is 17.7. The molecule has 41 heavy (non-hydrogen) atoms. The zero-order valence-electron chi connectivity index (χ0n) is 26.1. The summed E-state index contributed by atoms with van der Waals surface area (Å²) >= 11 is 0. The molecule has 0 unspecified atom stereocenters. The third-order valence-corrected chi connectivity index (χ3v) is 9.98. The van der Waals surface area contributed by atoms with Crippen LogP contribution in [0.2, 0.25) is 0 Å². The lowest BCUT2D eigenvalue weighted by molar-refractivity contribution is -0.140. The van der Waals surface area contributed by atoms with Gasteiger partial charge in [-0.05, 0) is 98.9 Å². The smallest absolute Gasteiger partial charge is 0.314 e. The first-order valence-corrected chi connectivity index (χ1v) is 17.3. The van der Waals surface area contributed by atoms with Gasteiger partial charge in [0.1, 0.15) is 5.75 Å². The van der Waals surface area contributed by atoms with Gasteiger partial charge in [0, 0.05) is 18.0 Å². The predicted molar refractivity (Wildman–Crippen MR) is 170 cm³/mol. The minimum atomic E-state index is -0.0539. The molecule has 1 aromatic heterocycles. The van der Waals surface area contributed by atoms with E-state index in [4.69, 9.17) is 4.74 Å². The number of unbranched alkanes of at least 4 members (excludes halogenated alkanes) is 8. The SMILES string of the molecule is CCCCCCCCCc1cnc(-c2ccc(OC(=O)C3CCC(C4CCC(CCCCC)CC4)CC3)cc2)nc1. The standard InChI is InChI=1S/C37H56N2O2/c1-3-5-7-8-9-10-12-14-30-27-38-36(39-28-30)33-23-25-35(26-24-33)41-37(40)34-21-19-32(20-22-34)31-17-15-29(16-18-31)13-11-6-4-2/h23-29,31-32,34H,3-22H2,1-2H3. The van der Waals surface area contributed by atoms with Gasteiger partial charge in [-0.15, -0.1) is 0 Å². The molecule has 0 N–H and O–H groups in total. The molecule has 0 atom stereocenters. The number of nitrogens with zero attached hydrogens (tertiary/aromatic N) is 2. The molecule has 1 heterocycles. The Hall–Kier alpha value is -2.23. The van der Waals surface area contributed by atoms with Crippen molar-refractivity contribution in [2.24, 2.45) is 23.7 Å². The van der Waals surface area contributed by atoms with Crippen LogP contribution in [-0.2, 0) is 11.2 Å². The van der Waals surface area contributed by atoms with E-state index in [1.807, 2.05) is 36.7 Å². The maximum Gasteiger partial charge on any atom is 0.314 e. The van der Waals surface area contributed by atoms with E-state index in [0.717, 1.165) is 48.4 Å². The van der Waals surface area contributed by atoms with E-state index in [0.29, 0.717) is 5.75 Å². The van der Waals surface area contributed by atoms with E-state index >= 15 is 0 Å². The molecule has 1 aromatic carbocycles. The summed E-state index contributed by atoms with van der Waals surface area (Å²) in [5.74, 6) is 4.01. The van der Waals surface area contributed by atoms with Gasteiger partial charge >= 0.3 is 5.97 Å². The molecule has 0 amide bonds. The average Bonchev–Trinajstić information content (AvgIpc) is 3.02. The van der Waals surface area contributed by atoms with Gasteiger partial charge < -0.3 is 4.74 Å². The number of hydrogen-bond donors (Lipinski definition) is 0. The highest BCUT2D eigenvalue weighted by molar-refractivity contribution is 5.75. The van der Waals surface area contributed by atoms with Gasteiger partial charge in [-0.2, -0.15) is 0 Å². The fourth-order valence-electron chi connectivity index (χ4n) is 7.25. The number of esters is 1. The van der Waals surface area contributed by atoms with Gasteiger partial charge in [0.05, 0.1) is 5.92 Å². The van der Waals surface area contributed by atoms with Crippen molar-refractivity contribution in [1.82, 2.24) is 9.97 Å². The Labute approximate surface area is 250 Å². The highest BCUT2D eigenvalue weighted by Crippen LogP contribution is 2.42. The topological polar surface area (TPSA) is 52.1 Å². The lowest BCUT2D eigenvalue weighted by Crippen LogP contribution is -2.30. The van der Waals surface area contributed by atoms with Crippen LogP contribution in [-0.4, -0.2) is 15.9 Å². The van der Waals surface area contributed by atoms with E-state index in [-0.39, 0.29) is 11.9 Å². The quantitative estimate of drug-likeness (QED) is 0.116. The fraction of sp³-hybridized carbons (Fsp3) is 0.703. The summed E-state index contributed by atoms with van der Waals surface area (Å²) in [5, 5.41) is 0. The van der Waals surface area contributed by atoms with E-state index in [9.17, 15) is 4.79 Å². The number of benzene rings is 1. The second-order valence-electron chi connectivity index (χ2n) is 13.1. The molecule has 4 nitrogen and oxygen atoms in total. The number of rotatable bonds is 16. The van der Waals surface area contributed by atoms with E-state index < -0.39 is 0 Å². The minimum absolute atomic E-state index is 0.0449. The normalized spacial score (nSPS) is 22.9. The number of carbonyl (C=O) groups excluding carboxylic acids is 1. The highest BCUT2D eigenvalue weighted by Gasteiger charge is 2.33. The Morgan fingerprint density at radius 3 is 1.90 bits per heavy atom. The maximum absolute atomic E-state index is 12.9. The largest absolute Gasteiger partial charge is 0.426 e. The van der Waals surface area contributed by atoms with Gasteiger partial charge in [0.25, 0.3) is 0 Å². The van der Waals surface area contributed by atoms with Crippen LogP contribution in [0.4, 0.5) is 0 Å². The van der Waals surface area contributed by atoms with Crippen LogP contribution in [0.15, 0.2) is 36.7 Å². The zero-order chi connectivity index (χ0) is 28.7. The molecule has 2 saturated carbocycles. The van der Waals surface area contributed by atoms with Crippen LogP contribution >= 0.6 is 0 Å². The van der Waals surface area contributed by atoms with Crippen molar-refractivity contribution in [2.45, 2.75) is 142 Å². The maximum atomic E-state index is 12.9. The van der Waals surface area contributed by atoms with E-state index in [1.54, 1.807) is 0 Å². The van der Waals surface area contributed by atoms with Crippen LogP contribution in [0.25, 0.3) is 11.4 Å². The van der Waals surface area contributed by atoms with Crippen molar-refractivity contribution >= 4 is 5.97 Å². The molecule has 2 aromatic rings. The fourth-order valence-corrected chi connectivity index (χ4v) is 7.25. The molecule has 2 aliphatic carbocycles. The predicted octanol–water partition coefficient (Wildman–Crippen LogP) is 10.5. The molecule has 4 rings (SSSR count). The summed E-state index contributed by atoms with van der Waals surface area (Å²) in [7, 11) is 0. The van der Waals surface area contributed by atoms with Gasteiger partial charge in [0.15, 0.2) is 5.82 Å². The van der Waals surface area contributed by atoms with Gasteiger partial charge in [-0.25, -0.2) is 9.97 Å². The summed E-state index contributed by atoms with van der Waals surface area (Å²) in [6.07, 6.45) is 29.8. The monoisotopic (exact) mass is 560 g/mol. The number of aryl methyl sites for hydroxylation is 1. The third-order valence-electron chi connectivity index (χ3n) is 9.98. The Morgan fingerprint density at radius 1 is 0.707 bits per heavy atom. The van der Waals surface area contributed by atoms with E-state index in [2.05, 4.69) is 23.8 Å². The Bertz CT molecular complexity index is 987. The summed E-state index contributed by atoms with van der Waals surface area (Å²) in [6.45, 7) is 4.56. The number of carbonyl (C=O) groups is 1. The van der Waals surface area contributed by atoms with Crippen LogP contribution < -0.4 is 4.74 Å². The summed E-state index contributed by atoms with van der Waals surface area (Å²) in [6, 6.07) is 7.69. The van der Waals surface area contributed by atoms with Crippen LogP contribution in [0.1, 0.15) is 141 Å². The molecule has 0 spiro atoms. The average molecular weight is 561 g/mol. The van der Waals surface area contributed by atoms with Gasteiger partial charge in [-0.3, -0.25) is 4.79 Å². The highest BCUT2D eigenvalue weighted by atomic mass is 16.5. The molecule has 0 aliphatic heterocycles. The molecule has 0 saturated heterocycles. The summed E-state index contributed by atoms with van der Waals surface area (Å²) in [5.41, 5.74) is 2.16. The zero-order valence-corrected chi connectivity index (χ0v) is 26.1. The van der Waals surface area contributed by atoms with Crippen LogP contribution in [0.5, 0.6) is 5.75 Å². The number of hydrogen-bond acceptors (Lipinski definition) is 4. The molecule has 2 fully saturated rings. The van der Waals surface area contributed by atoms with Gasteiger partial charge in [0.2, 0.25) is 0 Å². The number of ether oxygens (including phenoxy) is 1. The van der Waals surface area contributed by atoms with Crippen molar-refractivity contribution in [3.8, 4) is 17.1 Å². The first-order valence-electron chi connectivity index (χ1n) is 17.3. The number of aromatic nitrogens is 2. The Morgan fingerprint density at radius 2 is 1.27 bits per heavy atom.